The average molecular weight is 483 g/mol. The van der Waals surface area contributed by atoms with Gasteiger partial charge in [0.05, 0.1) is 12.0 Å². The summed E-state index contributed by atoms with van der Waals surface area (Å²) in [6.07, 6.45) is 3.39. The standard InChI is InChI=1S/C25H26N2O4S2/c1-5-12-27-24(29)22(33-25(27)32)14-17-10-11-20(21(13-17)30-4)31-15-23(28)26-19-9-7-6-8-18(19)16(2)3/h5-11,13-14,16H,1,12,15H2,2-4H3,(H,26,28)/b22-14+. The Morgan fingerprint density at radius 1 is 1.24 bits per heavy atom. The van der Waals surface area contributed by atoms with E-state index in [0.717, 1.165) is 16.8 Å². The van der Waals surface area contributed by atoms with Gasteiger partial charge in [0.15, 0.2) is 18.1 Å². The van der Waals surface area contributed by atoms with Crippen LogP contribution in [0.2, 0.25) is 0 Å². The van der Waals surface area contributed by atoms with Crippen LogP contribution in [-0.4, -0.2) is 41.3 Å². The van der Waals surface area contributed by atoms with E-state index >= 15 is 0 Å². The zero-order chi connectivity index (χ0) is 24.0. The molecule has 0 bridgehead atoms. The quantitative estimate of drug-likeness (QED) is 0.300. The maximum absolute atomic E-state index is 12.5. The third kappa shape index (κ3) is 6.03. The van der Waals surface area contributed by atoms with Crippen LogP contribution in [0.3, 0.4) is 0 Å². The number of amides is 2. The molecule has 3 rings (SSSR count). The zero-order valence-electron chi connectivity index (χ0n) is 18.8. The number of nitrogens with zero attached hydrogens (tertiary/aromatic N) is 1. The van der Waals surface area contributed by atoms with Gasteiger partial charge in [-0.2, -0.15) is 0 Å². The number of carbonyl (C=O) groups excluding carboxylic acids is 2. The van der Waals surface area contributed by atoms with Crippen LogP contribution >= 0.6 is 24.0 Å². The Hall–Kier alpha value is -3.10. The summed E-state index contributed by atoms with van der Waals surface area (Å²) in [6, 6.07) is 13.0. The fourth-order valence-electron chi connectivity index (χ4n) is 3.27. The zero-order valence-corrected chi connectivity index (χ0v) is 20.4. The largest absolute Gasteiger partial charge is 0.493 e. The van der Waals surface area contributed by atoms with E-state index in [2.05, 4.69) is 25.7 Å². The third-order valence-corrected chi connectivity index (χ3v) is 6.26. The topological polar surface area (TPSA) is 67.9 Å². The minimum absolute atomic E-state index is 0.150. The fraction of sp³-hybridized carbons (Fsp3) is 0.240. The van der Waals surface area contributed by atoms with Crippen molar-refractivity contribution in [2.24, 2.45) is 0 Å². The number of methoxy groups -OCH3 is 1. The molecule has 0 unspecified atom stereocenters. The Kier molecular flexibility index (Phi) is 8.30. The molecule has 1 aliphatic heterocycles. The smallest absolute Gasteiger partial charge is 0.266 e. The van der Waals surface area contributed by atoms with E-state index in [9.17, 15) is 9.59 Å². The van der Waals surface area contributed by atoms with E-state index < -0.39 is 0 Å². The summed E-state index contributed by atoms with van der Waals surface area (Å²) in [5.41, 5.74) is 2.59. The van der Waals surface area contributed by atoms with Crippen LogP contribution in [0, 0.1) is 0 Å². The molecule has 1 heterocycles. The monoisotopic (exact) mass is 482 g/mol. The molecule has 1 N–H and O–H groups in total. The van der Waals surface area contributed by atoms with Crippen molar-refractivity contribution >= 4 is 51.9 Å². The summed E-state index contributed by atoms with van der Waals surface area (Å²) in [4.78, 5) is 27.0. The normalized spacial score (nSPS) is 14.7. The van der Waals surface area contributed by atoms with Crippen molar-refractivity contribution in [2.45, 2.75) is 19.8 Å². The van der Waals surface area contributed by atoms with E-state index in [4.69, 9.17) is 21.7 Å². The summed E-state index contributed by atoms with van der Waals surface area (Å²) in [5, 5.41) is 2.90. The van der Waals surface area contributed by atoms with Gasteiger partial charge >= 0.3 is 0 Å². The molecule has 1 aliphatic rings. The van der Waals surface area contributed by atoms with E-state index in [-0.39, 0.29) is 24.3 Å². The van der Waals surface area contributed by atoms with Crippen LogP contribution in [0.1, 0.15) is 30.9 Å². The molecule has 1 fully saturated rings. The lowest BCUT2D eigenvalue weighted by Crippen LogP contribution is -2.27. The van der Waals surface area contributed by atoms with Crippen LogP contribution in [0.25, 0.3) is 6.08 Å². The van der Waals surface area contributed by atoms with Crippen molar-refractivity contribution in [1.82, 2.24) is 4.90 Å². The van der Waals surface area contributed by atoms with Crippen LogP contribution in [0.15, 0.2) is 60.0 Å². The molecule has 1 saturated heterocycles. The molecule has 33 heavy (non-hydrogen) atoms. The van der Waals surface area contributed by atoms with Crippen LogP contribution in [0.5, 0.6) is 11.5 Å². The van der Waals surface area contributed by atoms with Crippen molar-refractivity contribution in [2.75, 3.05) is 25.6 Å². The molecule has 172 valence electrons. The summed E-state index contributed by atoms with van der Waals surface area (Å²) in [6.45, 7) is 8.02. The number of thioether (sulfide) groups is 1. The number of nitrogens with one attached hydrogen (secondary N) is 1. The molecule has 2 aromatic carbocycles. The van der Waals surface area contributed by atoms with Gasteiger partial charge in [0, 0.05) is 12.2 Å². The first-order valence-electron chi connectivity index (χ1n) is 10.4. The number of carbonyl (C=O) groups is 2. The lowest BCUT2D eigenvalue weighted by molar-refractivity contribution is -0.121. The Morgan fingerprint density at radius 3 is 2.70 bits per heavy atom. The first-order chi connectivity index (χ1) is 15.8. The average Bonchev–Trinajstić information content (AvgIpc) is 3.06. The summed E-state index contributed by atoms with van der Waals surface area (Å²) in [7, 11) is 1.52. The SMILES string of the molecule is C=CCN1C(=O)/C(=C\c2ccc(OCC(=O)Nc3ccccc3C(C)C)c(OC)c2)SC1=S. The van der Waals surface area contributed by atoms with Crippen LogP contribution in [0.4, 0.5) is 5.69 Å². The van der Waals surface area contributed by atoms with E-state index in [1.54, 1.807) is 30.4 Å². The number of benzene rings is 2. The summed E-state index contributed by atoms with van der Waals surface area (Å²) < 4.78 is 11.6. The Morgan fingerprint density at radius 2 is 2.00 bits per heavy atom. The van der Waals surface area contributed by atoms with Gasteiger partial charge in [-0.1, -0.05) is 68.2 Å². The maximum atomic E-state index is 12.5. The van der Waals surface area contributed by atoms with Crippen molar-refractivity contribution < 1.29 is 19.1 Å². The number of hydrogen-bond donors (Lipinski definition) is 1. The highest BCUT2D eigenvalue weighted by atomic mass is 32.2. The highest BCUT2D eigenvalue weighted by Crippen LogP contribution is 2.34. The molecule has 0 aliphatic carbocycles. The molecule has 2 amide bonds. The summed E-state index contributed by atoms with van der Waals surface area (Å²) >= 11 is 6.52. The predicted molar refractivity (Wildman–Crippen MR) is 138 cm³/mol. The Balaban J connectivity index is 1.68. The molecule has 0 radical (unpaired) electrons. The highest BCUT2D eigenvalue weighted by molar-refractivity contribution is 8.26. The van der Waals surface area contributed by atoms with Crippen molar-refractivity contribution in [3.8, 4) is 11.5 Å². The number of thiocarbonyl (C=S) groups is 1. The molecule has 8 heteroatoms. The molecular weight excluding hydrogens is 456 g/mol. The lowest BCUT2D eigenvalue weighted by Gasteiger charge is -2.15. The summed E-state index contributed by atoms with van der Waals surface area (Å²) in [5.74, 6) is 0.761. The number of anilines is 1. The van der Waals surface area contributed by atoms with E-state index in [0.29, 0.717) is 27.3 Å². The second kappa shape index (κ2) is 11.2. The Bertz CT molecular complexity index is 1110. The minimum atomic E-state index is -0.264. The molecule has 0 saturated carbocycles. The second-order valence-electron chi connectivity index (χ2n) is 7.57. The lowest BCUT2D eigenvalue weighted by atomic mass is 10.0. The fourth-order valence-corrected chi connectivity index (χ4v) is 4.55. The van der Waals surface area contributed by atoms with Gasteiger partial charge in [-0.3, -0.25) is 14.5 Å². The molecule has 0 aromatic heterocycles. The van der Waals surface area contributed by atoms with Crippen LogP contribution < -0.4 is 14.8 Å². The minimum Gasteiger partial charge on any atom is -0.493 e. The second-order valence-corrected chi connectivity index (χ2v) is 9.25. The van der Waals surface area contributed by atoms with Crippen molar-refractivity contribution in [1.29, 1.82) is 0 Å². The first kappa shape index (κ1) is 24.5. The van der Waals surface area contributed by atoms with Gasteiger partial charge in [0.1, 0.15) is 4.32 Å². The van der Waals surface area contributed by atoms with Crippen molar-refractivity contribution in [3.63, 3.8) is 0 Å². The van der Waals surface area contributed by atoms with Gasteiger partial charge in [0.2, 0.25) is 0 Å². The predicted octanol–water partition coefficient (Wildman–Crippen LogP) is 5.22. The molecule has 6 nitrogen and oxygen atoms in total. The highest BCUT2D eigenvalue weighted by Gasteiger charge is 2.31. The number of hydrogen-bond acceptors (Lipinski definition) is 6. The Labute approximate surface area is 203 Å². The molecule has 2 aromatic rings. The van der Waals surface area contributed by atoms with Gasteiger partial charge in [-0.15, -0.1) is 6.58 Å². The van der Waals surface area contributed by atoms with E-state index in [1.165, 1.54) is 23.8 Å². The maximum Gasteiger partial charge on any atom is 0.266 e. The molecule has 0 spiro atoms. The van der Waals surface area contributed by atoms with Gasteiger partial charge < -0.3 is 14.8 Å². The van der Waals surface area contributed by atoms with Crippen molar-refractivity contribution in [3.05, 3.63) is 71.2 Å². The third-order valence-electron chi connectivity index (χ3n) is 4.89. The van der Waals surface area contributed by atoms with Gasteiger partial charge in [0.25, 0.3) is 11.8 Å². The first-order valence-corrected chi connectivity index (χ1v) is 11.6. The van der Waals surface area contributed by atoms with Crippen LogP contribution in [-0.2, 0) is 9.59 Å². The van der Waals surface area contributed by atoms with Gasteiger partial charge in [-0.25, -0.2) is 0 Å². The van der Waals surface area contributed by atoms with E-state index in [1.807, 2.05) is 24.3 Å². The van der Waals surface area contributed by atoms with Gasteiger partial charge in [-0.05, 0) is 41.3 Å². The number of para-hydroxylation sites is 1. The number of ether oxygens (including phenoxy) is 2. The molecule has 0 atom stereocenters. The number of rotatable bonds is 9. The molecular formula is C25H26N2O4S2.